The Morgan fingerprint density at radius 2 is 2.20 bits per heavy atom. The molecule has 1 atom stereocenters. The predicted molar refractivity (Wildman–Crippen MR) is 64.5 cm³/mol. The zero-order valence-corrected chi connectivity index (χ0v) is 9.98. The van der Waals surface area contributed by atoms with Crippen molar-refractivity contribution in [1.82, 2.24) is 0 Å². The molecule has 2 N–H and O–H groups in total. The summed E-state index contributed by atoms with van der Waals surface area (Å²) < 4.78 is 12.0. The van der Waals surface area contributed by atoms with Crippen molar-refractivity contribution >= 4 is 28.1 Å². The highest BCUT2D eigenvalue weighted by molar-refractivity contribution is 7.85. The Hall–Kier alpha value is -0.540. The Labute approximate surface area is 97.3 Å². The van der Waals surface area contributed by atoms with Crippen LogP contribution in [0.2, 0.25) is 5.02 Å². The van der Waals surface area contributed by atoms with Crippen LogP contribution in [0.5, 0.6) is 0 Å². The van der Waals surface area contributed by atoms with Crippen molar-refractivity contribution in [1.29, 1.82) is 0 Å². The molecule has 0 aromatic heterocycles. The Morgan fingerprint density at radius 1 is 1.47 bits per heavy atom. The summed E-state index contributed by atoms with van der Waals surface area (Å²) >= 11 is 5.98. The maximum absolute atomic E-state index is 12.0. The summed E-state index contributed by atoms with van der Waals surface area (Å²) in [6.07, 6.45) is 3.60. The van der Waals surface area contributed by atoms with Gasteiger partial charge in [0.2, 0.25) is 0 Å². The first-order valence-corrected chi connectivity index (χ1v) is 6.80. The number of hydrogen-bond acceptors (Lipinski definition) is 2. The molecule has 1 aromatic carbocycles. The third-order valence-electron chi connectivity index (χ3n) is 2.63. The molecule has 2 rings (SSSR count). The van der Waals surface area contributed by atoms with Gasteiger partial charge in [-0.25, -0.2) is 0 Å². The van der Waals surface area contributed by atoms with E-state index in [-0.39, 0.29) is 0 Å². The van der Waals surface area contributed by atoms with E-state index in [0.717, 1.165) is 12.3 Å². The van der Waals surface area contributed by atoms with Gasteiger partial charge in [-0.2, -0.15) is 0 Å². The fourth-order valence-corrected chi connectivity index (χ4v) is 3.36. The molecule has 0 aliphatic heterocycles. The average Bonchev–Trinajstić information content (AvgIpc) is 2.97. The molecule has 0 heterocycles. The second kappa shape index (κ2) is 4.54. The molecule has 15 heavy (non-hydrogen) atoms. The van der Waals surface area contributed by atoms with Crippen LogP contribution in [0, 0.1) is 5.92 Å². The Bertz CT molecular complexity index is 370. The van der Waals surface area contributed by atoms with Crippen molar-refractivity contribution in [2.75, 3.05) is 11.5 Å². The van der Waals surface area contributed by atoms with E-state index in [1.54, 1.807) is 18.2 Å². The SMILES string of the molecule is Nc1cccc(Cl)c1S(=O)CCC1CC1. The summed E-state index contributed by atoms with van der Waals surface area (Å²) in [5.41, 5.74) is 6.31. The molecular formula is C11H14ClNOS. The van der Waals surface area contributed by atoms with Crippen molar-refractivity contribution in [3.05, 3.63) is 23.2 Å². The summed E-state index contributed by atoms with van der Waals surface area (Å²) in [6.45, 7) is 0. The quantitative estimate of drug-likeness (QED) is 0.827. The highest BCUT2D eigenvalue weighted by atomic mass is 35.5. The van der Waals surface area contributed by atoms with E-state index in [1.165, 1.54) is 12.8 Å². The number of benzene rings is 1. The first kappa shape index (κ1) is 11.0. The van der Waals surface area contributed by atoms with Gasteiger partial charge >= 0.3 is 0 Å². The minimum absolute atomic E-state index is 0.518. The summed E-state index contributed by atoms with van der Waals surface area (Å²) in [5, 5.41) is 0.518. The molecule has 1 aromatic rings. The van der Waals surface area contributed by atoms with Gasteiger partial charge in [-0.05, 0) is 24.5 Å². The van der Waals surface area contributed by atoms with Gasteiger partial charge < -0.3 is 5.73 Å². The second-order valence-electron chi connectivity index (χ2n) is 3.94. The molecule has 0 bridgehead atoms. The third-order valence-corrected chi connectivity index (χ3v) is 4.58. The van der Waals surface area contributed by atoms with Gasteiger partial charge in [0, 0.05) is 11.4 Å². The van der Waals surface area contributed by atoms with Crippen LogP contribution >= 0.6 is 11.6 Å². The fraction of sp³-hybridized carbons (Fsp3) is 0.455. The van der Waals surface area contributed by atoms with Crippen LogP contribution in [-0.4, -0.2) is 9.96 Å². The van der Waals surface area contributed by atoms with E-state index in [4.69, 9.17) is 17.3 Å². The Balaban J connectivity index is 2.09. The second-order valence-corrected chi connectivity index (χ2v) is 5.85. The van der Waals surface area contributed by atoms with E-state index in [2.05, 4.69) is 0 Å². The van der Waals surface area contributed by atoms with Gasteiger partial charge in [0.1, 0.15) is 0 Å². The molecule has 1 fully saturated rings. The van der Waals surface area contributed by atoms with E-state index >= 15 is 0 Å². The monoisotopic (exact) mass is 243 g/mol. The molecule has 82 valence electrons. The van der Waals surface area contributed by atoms with Gasteiger partial charge in [0.25, 0.3) is 0 Å². The van der Waals surface area contributed by atoms with E-state index in [9.17, 15) is 4.21 Å². The number of nitrogens with two attached hydrogens (primary N) is 1. The number of nitrogen functional groups attached to an aromatic ring is 1. The van der Waals surface area contributed by atoms with Gasteiger partial charge in [-0.15, -0.1) is 0 Å². The average molecular weight is 244 g/mol. The molecule has 4 heteroatoms. The highest BCUT2D eigenvalue weighted by Crippen LogP contribution is 2.34. The van der Waals surface area contributed by atoms with Gasteiger partial charge in [0.05, 0.1) is 20.7 Å². The predicted octanol–water partition coefficient (Wildman–Crippen LogP) is 2.83. The molecule has 1 aliphatic carbocycles. The molecule has 1 unspecified atom stereocenters. The van der Waals surface area contributed by atoms with Crippen LogP contribution < -0.4 is 5.73 Å². The first-order chi connectivity index (χ1) is 7.18. The minimum atomic E-state index is -1.04. The lowest BCUT2D eigenvalue weighted by atomic mass is 10.3. The lowest BCUT2D eigenvalue weighted by Crippen LogP contribution is -2.03. The van der Waals surface area contributed by atoms with Gasteiger partial charge in [-0.3, -0.25) is 4.21 Å². The standard InChI is InChI=1S/C11H14ClNOS/c12-9-2-1-3-10(13)11(9)15(14)7-6-8-4-5-8/h1-3,8H,4-7,13H2. The largest absolute Gasteiger partial charge is 0.398 e. The van der Waals surface area contributed by atoms with Crippen molar-refractivity contribution in [3.63, 3.8) is 0 Å². The maximum Gasteiger partial charge on any atom is 0.0803 e. The fourth-order valence-electron chi connectivity index (χ4n) is 1.55. The third kappa shape index (κ3) is 2.73. The molecule has 1 aliphatic rings. The molecule has 1 saturated carbocycles. The van der Waals surface area contributed by atoms with Crippen LogP contribution in [0.25, 0.3) is 0 Å². The van der Waals surface area contributed by atoms with Crippen LogP contribution in [0.3, 0.4) is 0 Å². The van der Waals surface area contributed by atoms with Crippen molar-refractivity contribution in [2.24, 2.45) is 5.92 Å². The minimum Gasteiger partial charge on any atom is -0.398 e. The zero-order valence-electron chi connectivity index (χ0n) is 8.41. The molecule has 0 radical (unpaired) electrons. The van der Waals surface area contributed by atoms with Gasteiger partial charge in [-0.1, -0.05) is 30.5 Å². The number of hydrogen-bond donors (Lipinski definition) is 1. The van der Waals surface area contributed by atoms with Crippen LogP contribution in [0.15, 0.2) is 23.1 Å². The Morgan fingerprint density at radius 3 is 2.80 bits per heavy atom. The topological polar surface area (TPSA) is 43.1 Å². The van der Waals surface area contributed by atoms with Crippen molar-refractivity contribution in [2.45, 2.75) is 24.2 Å². The molecular weight excluding hydrogens is 230 g/mol. The Kier molecular flexibility index (Phi) is 3.32. The smallest absolute Gasteiger partial charge is 0.0803 e. The summed E-state index contributed by atoms with van der Waals surface area (Å²) in [5.74, 6) is 1.47. The van der Waals surface area contributed by atoms with Crippen LogP contribution in [0.1, 0.15) is 19.3 Å². The number of anilines is 1. The molecule has 0 spiro atoms. The summed E-state index contributed by atoms with van der Waals surface area (Å²) in [4.78, 5) is 0.611. The zero-order chi connectivity index (χ0) is 10.8. The number of rotatable bonds is 4. The van der Waals surface area contributed by atoms with E-state index in [1.807, 2.05) is 0 Å². The normalized spacial score (nSPS) is 17.7. The number of halogens is 1. The van der Waals surface area contributed by atoms with Crippen LogP contribution in [0.4, 0.5) is 5.69 Å². The molecule has 2 nitrogen and oxygen atoms in total. The van der Waals surface area contributed by atoms with Gasteiger partial charge in [0.15, 0.2) is 0 Å². The summed E-state index contributed by atoms with van der Waals surface area (Å²) in [7, 11) is -1.04. The van der Waals surface area contributed by atoms with Crippen molar-refractivity contribution in [3.8, 4) is 0 Å². The summed E-state index contributed by atoms with van der Waals surface area (Å²) in [6, 6.07) is 5.26. The maximum atomic E-state index is 12.0. The molecule has 0 saturated heterocycles. The first-order valence-electron chi connectivity index (χ1n) is 5.11. The highest BCUT2D eigenvalue weighted by Gasteiger charge is 2.22. The van der Waals surface area contributed by atoms with Crippen LogP contribution in [-0.2, 0) is 10.8 Å². The van der Waals surface area contributed by atoms with E-state index in [0.29, 0.717) is 21.4 Å². The molecule has 0 amide bonds. The van der Waals surface area contributed by atoms with Crippen molar-refractivity contribution < 1.29 is 4.21 Å². The lowest BCUT2D eigenvalue weighted by molar-refractivity contribution is 0.676. The van der Waals surface area contributed by atoms with E-state index < -0.39 is 10.8 Å². The lowest BCUT2D eigenvalue weighted by Gasteiger charge is -2.07.